The molecule has 16 heavy (non-hydrogen) atoms. The second-order valence-corrected chi connectivity index (χ2v) is 6.42. The summed E-state index contributed by atoms with van der Waals surface area (Å²) in [6.07, 6.45) is 3.51. The van der Waals surface area contributed by atoms with Crippen LogP contribution in [0.25, 0.3) is 0 Å². The molecule has 0 aromatic rings. The van der Waals surface area contributed by atoms with Crippen molar-refractivity contribution >= 4 is 10.2 Å². The Bertz CT molecular complexity index is 249. The molecule has 4 heteroatoms. The zero-order valence-corrected chi connectivity index (χ0v) is 13.1. The van der Waals surface area contributed by atoms with Gasteiger partial charge in [0, 0.05) is 22.4 Å². The van der Waals surface area contributed by atoms with Crippen molar-refractivity contribution in [1.82, 2.24) is 0 Å². The van der Waals surface area contributed by atoms with Gasteiger partial charge in [0.1, 0.15) is 0 Å². The van der Waals surface area contributed by atoms with E-state index >= 15 is 0 Å². The molecule has 0 aromatic carbocycles. The lowest BCUT2D eigenvalue weighted by molar-refractivity contribution is -0.0117. The standard InChI is InChI=1S/C12H24O3Si/c1-9(2)10(11(13-3)14-4)12(16)7-5-6-8-15-12/h9H,5-8H2,1-4,16H3. The predicted octanol–water partition coefficient (Wildman–Crippen LogP) is 1.41. The summed E-state index contributed by atoms with van der Waals surface area (Å²) >= 11 is 0. The van der Waals surface area contributed by atoms with Crippen LogP contribution in [0.3, 0.4) is 0 Å². The van der Waals surface area contributed by atoms with Crippen LogP contribution in [0.2, 0.25) is 0 Å². The highest BCUT2D eigenvalue weighted by molar-refractivity contribution is 6.16. The van der Waals surface area contributed by atoms with E-state index in [2.05, 4.69) is 13.8 Å². The molecule has 1 aliphatic heterocycles. The summed E-state index contributed by atoms with van der Waals surface area (Å²) in [6, 6.07) is 0. The van der Waals surface area contributed by atoms with Crippen molar-refractivity contribution in [2.75, 3.05) is 20.8 Å². The number of rotatable bonds is 4. The van der Waals surface area contributed by atoms with E-state index in [0.29, 0.717) is 11.9 Å². The highest BCUT2D eigenvalue weighted by Crippen LogP contribution is 2.35. The van der Waals surface area contributed by atoms with Gasteiger partial charge in [0.15, 0.2) is 0 Å². The van der Waals surface area contributed by atoms with E-state index in [1.165, 1.54) is 18.4 Å². The minimum atomic E-state index is -0.0895. The van der Waals surface area contributed by atoms with Crippen LogP contribution in [-0.2, 0) is 14.2 Å². The van der Waals surface area contributed by atoms with Crippen LogP contribution in [-0.4, -0.2) is 36.3 Å². The topological polar surface area (TPSA) is 27.7 Å². The van der Waals surface area contributed by atoms with Gasteiger partial charge in [-0.25, -0.2) is 0 Å². The first-order chi connectivity index (χ1) is 7.55. The first-order valence-corrected chi connectivity index (χ1v) is 7.01. The Morgan fingerprint density at radius 3 is 2.25 bits per heavy atom. The largest absolute Gasteiger partial charge is 0.469 e. The minimum absolute atomic E-state index is 0.0895. The maximum Gasteiger partial charge on any atom is 0.280 e. The number of hydrogen-bond donors (Lipinski definition) is 0. The number of methoxy groups -OCH3 is 2. The minimum Gasteiger partial charge on any atom is -0.469 e. The van der Waals surface area contributed by atoms with E-state index < -0.39 is 0 Å². The third kappa shape index (κ3) is 2.80. The summed E-state index contributed by atoms with van der Waals surface area (Å²) in [5.74, 6) is 1.04. The molecular formula is C12H24O3Si. The van der Waals surface area contributed by atoms with Crippen molar-refractivity contribution in [3.63, 3.8) is 0 Å². The van der Waals surface area contributed by atoms with E-state index in [9.17, 15) is 0 Å². The first kappa shape index (κ1) is 13.6. The molecule has 0 saturated carbocycles. The maximum atomic E-state index is 6.02. The monoisotopic (exact) mass is 244 g/mol. The second kappa shape index (κ2) is 5.73. The summed E-state index contributed by atoms with van der Waals surface area (Å²) in [5.41, 5.74) is 1.20. The lowest BCUT2D eigenvalue weighted by Gasteiger charge is -2.38. The fraction of sp³-hybridized carbons (Fsp3) is 0.833. The summed E-state index contributed by atoms with van der Waals surface area (Å²) in [4.78, 5) is 0. The van der Waals surface area contributed by atoms with Gasteiger partial charge < -0.3 is 14.2 Å². The Balaban J connectivity index is 3.04. The maximum absolute atomic E-state index is 6.02. The van der Waals surface area contributed by atoms with E-state index in [-0.39, 0.29) is 5.22 Å². The lowest BCUT2D eigenvalue weighted by Crippen LogP contribution is -2.41. The van der Waals surface area contributed by atoms with Gasteiger partial charge in [0.05, 0.1) is 19.4 Å². The van der Waals surface area contributed by atoms with Gasteiger partial charge in [-0.05, 0) is 25.2 Å². The molecule has 1 aliphatic rings. The molecule has 0 spiro atoms. The molecular weight excluding hydrogens is 220 g/mol. The van der Waals surface area contributed by atoms with E-state index in [1.54, 1.807) is 14.2 Å². The zero-order chi connectivity index (χ0) is 12.2. The van der Waals surface area contributed by atoms with Crippen molar-refractivity contribution in [2.45, 2.75) is 38.3 Å². The van der Waals surface area contributed by atoms with Crippen LogP contribution in [0.1, 0.15) is 33.1 Å². The van der Waals surface area contributed by atoms with Crippen molar-refractivity contribution in [1.29, 1.82) is 0 Å². The van der Waals surface area contributed by atoms with Crippen LogP contribution < -0.4 is 0 Å². The first-order valence-electron chi connectivity index (χ1n) is 6.01. The van der Waals surface area contributed by atoms with Crippen molar-refractivity contribution in [2.24, 2.45) is 5.92 Å². The molecule has 1 atom stereocenters. The summed E-state index contributed by atoms with van der Waals surface area (Å²) in [6.45, 7) is 5.20. The Hall–Kier alpha value is -0.483. The molecule has 1 saturated heterocycles. The van der Waals surface area contributed by atoms with E-state index in [4.69, 9.17) is 14.2 Å². The quantitative estimate of drug-likeness (QED) is 0.553. The molecule has 0 aliphatic carbocycles. The molecule has 0 N–H and O–H groups in total. The van der Waals surface area contributed by atoms with Crippen LogP contribution in [0, 0.1) is 5.92 Å². The van der Waals surface area contributed by atoms with Crippen LogP contribution >= 0.6 is 0 Å². The second-order valence-electron chi connectivity index (χ2n) is 4.80. The molecule has 1 heterocycles. The van der Waals surface area contributed by atoms with Crippen LogP contribution in [0.4, 0.5) is 0 Å². The number of hydrogen-bond acceptors (Lipinski definition) is 3. The fourth-order valence-corrected chi connectivity index (χ4v) is 3.85. The summed E-state index contributed by atoms with van der Waals surface area (Å²) in [7, 11) is 4.30. The number of ether oxygens (including phenoxy) is 3. The highest BCUT2D eigenvalue weighted by Gasteiger charge is 2.37. The average molecular weight is 244 g/mol. The summed E-state index contributed by atoms with van der Waals surface area (Å²) < 4.78 is 16.7. The molecule has 1 fully saturated rings. The van der Waals surface area contributed by atoms with Crippen molar-refractivity contribution < 1.29 is 14.2 Å². The molecule has 0 amide bonds. The lowest BCUT2D eigenvalue weighted by atomic mass is 9.92. The Labute approximate surface area is 102 Å². The van der Waals surface area contributed by atoms with Gasteiger partial charge in [-0.3, -0.25) is 0 Å². The smallest absolute Gasteiger partial charge is 0.280 e. The van der Waals surface area contributed by atoms with Gasteiger partial charge in [0.2, 0.25) is 0 Å². The predicted molar refractivity (Wildman–Crippen MR) is 68.4 cm³/mol. The molecule has 94 valence electrons. The van der Waals surface area contributed by atoms with Gasteiger partial charge in [-0.15, -0.1) is 0 Å². The zero-order valence-electron chi connectivity index (χ0n) is 11.1. The molecule has 3 nitrogen and oxygen atoms in total. The van der Waals surface area contributed by atoms with Crippen molar-refractivity contribution in [3.05, 3.63) is 11.5 Å². The molecule has 0 aromatic heterocycles. The molecule has 1 rings (SSSR count). The highest BCUT2D eigenvalue weighted by atomic mass is 28.1. The Kier molecular flexibility index (Phi) is 4.86. The molecule has 0 bridgehead atoms. The summed E-state index contributed by atoms with van der Waals surface area (Å²) in [5, 5.41) is -0.0895. The SMILES string of the molecule is COC(OC)=C(C(C)C)C1([SiH3])CCCCO1. The van der Waals surface area contributed by atoms with Gasteiger partial charge in [0.25, 0.3) is 5.95 Å². The fourth-order valence-electron chi connectivity index (χ4n) is 2.51. The van der Waals surface area contributed by atoms with Gasteiger partial charge in [-0.1, -0.05) is 13.8 Å². The van der Waals surface area contributed by atoms with Crippen LogP contribution in [0.5, 0.6) is 0 Å². The molecule has 0 radical (unpaired) electrons. The average Bonchev–Trinajstić information content (AvgIpc) is 2.25. The van der Waals surface area contributed by atoms with Crippen LogP contribution in [0.15, 0.2) is 11.5 Å². The Morgan fingerprint density at radius 2 is 1.88 bits per heavy atom. The van der Waals surface area contributed by atoms with Gasteiger partial charge >= 0.3 is 0 Å². The normalized spacial score (nSPS) is 25.6. The third-order valence-corrected chi connectivity index (χ3v) is 4.53. The van der Waals surface area contributed by atoms with Gasteiger partial charge in [-0.2, -0.15) is 0 Å². The van der Waals surface area contributed by atoms with E-state index in [1.807, 2.05) is 0 Å². The third-order valence-electron chi connectivity index (χ3n) is 3.21. The van der Waals surface area contributed by atoms with Crippen molar-refractivity contribution in [3.8, 4) is 0 Å². The molecule has 1 unspecified atom stereocenters. The van der Waals surface area contributed by atoms with E-state index in [0.717, 1.165) is 23.3 Å². The Morgan fingerprint density at radius 1 is 1.25 bits per heavy atom.